The maximum absolute atomic E-state index is 11.7. The molecule has 0 aliphatic carbocycles. The van der Waals surface area contributed by atoms with Crippen molar-refractivity contribution in [3.8, 4) is 0 Å². The molecule has 86 valence electrons. The van der Waals surface area contributed by atoms with Crippen LogP contribution in [0.3, 0.4) is 0 Å². The van der Waals surface area contributed by atoms with Gasteiger partial charge in [-0.1, -0.05) is 6.92 Å². The largest absolute Gasteiger partial charge is 0.479 e. The Hall–Kier alpha value is -1.10. The van der Waals surface area contributed by atoms with Crippen LogP contribution in [0.4, 0.5) is 0 Å². The monoisotopic (exact) mass is 215 g/mol. The summed E-state index contributed by atoms with van der Waals surface area (Å²) in [6.45, 7) is 2.66. The molecule has 1 saturated heterocycles. The Bertz CT molecular complexity index is 254. The highest BCUT2D eigenvalue weighted by atomic mass is 16.5. The van der Waals surface area contributed by atoms with E-state index in [1.165, 1.54) is 0 Å². The third kappa shape index (κ3) is 2.92. The van der Waals surface area contributed by atoms with E-state index in [4.69, 9.17) is 9.84 Å². The Morgan fingerprint density at radius 2 is 2.00 bits per heavy atom. The molecule has 0 saturated carbocycles. The molecule has 1 heterocycles. The molecule has 0 aromatic rings. The number of nitrogens with zero attached hydrogens (tertiary/aromatic N) is 1. The van der Waals surface area contributed by atoms with Crippen LogP contribution in [0.2, 0.25) is 0 Å². The molecule has 5 heteroatoms. The first-order valence-electron chi connectivity index (χ1n) is 5.19. The number of hydrogen-bond donors (Lipinski definition) is 1. The Morgan fingerprint density at radius 1 is 1.40 bits per heavy atom. The summed E-state index contributed by atoms with van der Waals surface area (Å²) in [5.41, 5.74) is 0. The maximum Gasteiger partial charge on any atom is 0.332 e. The van der Waals surface area contributed by atoms with Crippen LogP contribution >= 0.6 is 0 Å². The van der Waals surface area contributed by atoms with E-state index < -0.39 is 18.2 Å². The second kappa shape index (κ2) is 5.11. The van der Waals surface area contributed by atoms with Crippen molar-refractivity contribution in [2.75, 3.05) is 13.6 Å². The van der Waals surface area contributed by atoms with Crippen LogP contribution in [-0.2, 0) is 14.3 Å². The topological polar surface area (TPSA) is 66.8 Å². The normalized spacial score (nSPS) is 25.2. The molecule has 15 heavy (non-hydrogen) atoms. The first kappa shape index (κ1) is 12.0. The number of carbonyl (C=O) groups is 2. The van der Waals surface area contributed by atoms with E-state index in [2.05, 4.69) is 0 Å². The maximum atomic E-state index is 11.7. The van der Waals surface area contributed by atoms with E-state index in [0.717, 1.165) is 6.42 Å². The first-order valence-corrected chi connectivity index (χ1v) is 5.19. The minimum Gasteiger partial charge on any atom is -0.479 e. The molecular weight excluding hydrogens is 198 g/mol. The predicted octanol–water partition coefficient (Wildman–Crippen LogP) is 0.487. The number of carbonyl (C=O) groups excluding carboxylic acids is 1. The smallest absolute Gasteiger partial charge is 0.332 e. The van der Waals surface area contributed by atoms with Gasteiger partial charge in [-0.25, -0.2) is 4.79 Å². The quantitative estimate of drug-likeness (QED) is 0.741. The van der Waals surface area contributed by atoms with Gasteiger partial charge in [0.05, 0.1) is 0 Å². The molecule has 1 aliphatic rings. The van der Waals surface area contributed by atoms with Gasteiger partial charge in [-0.15, -0.1) is 0 Å². The van der Waals surface area contributed by atoms with Gasteiger partial charge in [-0.3, -0.25) is 4.79 Å². The van der Waals surface area contributed by atoms with E-state index >= 15 is 0 Å². The second-order valence-electron chi connectivity index (χ2n) is 3.79. The summed E-state index contributed by atoms with van der Waals surface area (Å²) in [7, 11) is 1.71. The van der Waals surface area contributed by atoms with Gasteiger partial charge in [0, 0.05) is 13.6 Å². The Balaban J connectivity index is 2.46. The van der Waals surface area contributed by atoms with Crippen LogP contribution in [0.1, 0.15) is 26.2 Å². The van der Waals surface area contributed by atoms with Crippen molar-refractivity contribution in [2.24, 2.45) is 0 Å². The average Bonchev–Trinajstić information content (AvgIpc) is 2.65. The summed E-state index contributed by atoms with van der Waals surface area (Å²) in [4.78, 5) is 23.9. The number of aliphatic carboxylic acids is 1. The molecule has 0 radical (unpaired) electrons. The number of likely N-dealkylation sites (N-methyl/N-ethyl adjacent to an activating group) is 1. The third-order valence-corrected chi connectivity index (χ3v) is 2.51. The van der Waals surface area contributed by atoms with E-state index in [1.54, 1.807) is 11.9 Å². The van der Waals surface area contributed by atoms with Crippen molar-refractivity contribution < 1.29 is 19.4 Å². The zero-order chi connectivity index (χ0) is 11.4. The van der Waals surface area contributed by atoms with Crippen LogP contribution < -0.4 is 0 Å². The van der Waals surface area contributed by atoms with Crippen molar-refractivity contribution in [3.63, 3.8) is 0 Å². The summed E-state index contributed by atoms with van der Waals surface area (Å²) in [6.07, 6.45) is 0.434. The predicted molar refractivity (Wildman–Crippen MR) is 53.5 cm³/mol. The number of ether oxygens (including phenoxy) is 1. The lowest BCUT2D eigenvalue weighted by atomic mass is 10.2. The molecule has 1 amide bonds. The molecule has 1 rings (SSSR count). The lowest BCUT2D eigenvalue weighted by molar-refractivity contribution is -0.154. The van der Waals surface area contributed by atoms with Gasteiger partial charge in [-0.05, 0) is 19.3 Å². The van der Waals surface area contributed by atoms with Crippen molar-refractivity contribution >= 4 is 11.9 Å². The van der Waals surface area contributed by atoms with Crippen molar-refractivity contribution in [3.05, 3.63) is 0 Å². The number of amides is 1. The molecule has 1 fully saturated rings. The second-order valence-corrected chi connectivity index (χ2v) is 3.79. The summed E-state index contributed by atoms with van der Waals surface area (Å²) < 4.78 is 5.16. The molecule has 5 nitrogen and oxygen atoms in total. The number of carboxylic acids is 1. The fourth-order valence-corrected chi connectivity index (χ4v) is 1.69. The molecule has 0 bridgehead atoms. The van der Waals surface area contributed by atoms with Gasteiger partial charge in [-0.2, -0.15) is 0 Å². The van der Waals surface area contributed by atoms with Gasteiger partial charge in [0.15, 0.2) is 6.10 Å². The van der Waals surface area contributed by atoms with Crippen molar-refractivity contribution in [2.45, 2.75) is 38.4 Å². The highest BCUT2D eigenvalue weighted by Gasteiger charge is 2.35. The lowest BCUT2D eigenvalue weighted by Gasteiger charge is -2.20. The summed E-state index contributed by atoms with van der Waals surface area (Å²) >= 11 is 0. The average molecular weight is 215 g/mol. The molecule has 2 atom stereocenters. The fraction of sp³-hybridized carbons (Fsp3) is 0.800. The Labute approximate surface area is 89.0 Å². The Kier molecular flexibility index (Phi) is 4.08. The third-order valence-electron chi connectivity index (χ3n) is 2.51. The molecule has 1 aliphatic heterocycles. The summed E-state index contributed by atoms with van der Waals surface area (Å²) in [6, 6.07) is 0. The molecular formula is C10H17NO4. The van der Waals surface area contributed by atoms with Gasteiger partial charge in [0.25, 0.3) is 5.91 Å². The minimum absolute atomic E-state index is 0.111. The molecule has 0 spiro atoms. The van der Waals surface area contributed by atoms with Gasteiger partial charge in [0.1, 0.15) is 6.10 Å². The SMILES string of the molecule is CCCN(C)C(=O)C1CCC(C(=O)O)O1. The van der Waals surface area contributed by atoms with Gasteiger partial charge >= 0.3 is 5.97 Å². The van der Waals surface area contributed by atoms with E-state index in [-0.39, 0.29) is 5.91 Å². The number of carboxylic acid groups (broad SMARTS) is 1. The standard InChI is InChI=1S/C10H17NO4/c1-3-6-11(2)9(12)7-4-5-8(15-7)10(13)14/h7-8H,3-6H2,1-2H3,(H,13,14). The number of rotatable bonds is 4. The van der Waals surface area contributed by atoms with Crippen molar-refractivity contribution in [1.29, 1.82) is 0 Å². The van der Waals surface area contributed by atoms with Crippen LogP contribution in [-0.4, -0.2) is 47.7 Å². The van der Waals surface area contributed by atoms with Crippen molar-refractivity contribution in [1.82, 2.24) is 4.90 Å². The zero-order valence-corrected chi connectivity index (χ0v) is 9.10. The highest BCUT2D eigenvalue weighted by molar-refractivity contribution is 5.82. The van der Waals surface area contributed by atoms with Crippen LogP contribution in [0.25, 0.3) is 0 Å². The van der Waals surface area contributed by atoms with Crippen LogP contribution in [0, 0.1) is 0 Å². The first-order chi connectivity index (χ1) is 7.06. The van der Waals surface area contributed by atoms with Gasteiger partial charge in [0.2, 0.25) is 0 Å². The molecule has 0 aromatic carbocycles. The molecule has 2 unspecified atom stereocenters. The van der Waals surface area contributed by atoms with Crippen LogP contribution in [0.5, 0.6) is 0 Å². The highest BCUT2D eigenvalue weighted by Crippen LogP contribution is 2.21. The number of hydrogen-bond acceptors (Lipinski definition) is 3. The fourth-order valence-electron chi connectivity index (χ4n) is 1.69. The van der Waals surface area contributed by atoms with Gasteiger partial charge < -0.3 is 14.7 Å². The van der Waals surface area contributed by atoms with Crippen LogP contribution in [0.15, 0.2) is 0 Å². The van der Waals surface area contributed by atoms with E-state index in [9.17, 15) is 9.59 Å². The lowest BCUT2D eigenvalue weighted by Crippen LogP contribution is -2.37. The van der Waals surface area contributed by atoms with E-state index in [1.807, 2.05) is 6.92 Å². The summed E-state index contributed by atoms with van der Waals surface area (Å²) in [5.74, 6) is -1.09. The summed E-state index contributed by atoms with van der Waals surface area (Å²) in [5, 5.41) is 8.70. The minimum atomic E-state index is -0.983. The molecule has 0 aromatic heterocycles. The van der Waals surface area contributed by atoms with E-state index in [0.29, 0.717) is 19.4 Å². The molecule has 1 N–H and O–H groups in total. The Morgan fingerprint density at radius 3 is 2.47 bits per heavy atom. The zero-order valence-electron chi connectivity index (χ0n) is 9.10.